The van der Waals surface area contributed by atoms with Gasteiger partial charge in [-0.1, -0.05) is 6.92 Å². The van der Waals surface area contributed by atoms with Gasteiger partial charge in [-0.3, -0.25) is 4.90 Å². The van der Waals surface area contributed by atoms with E-state index in [1.807, 2.05) is 0 Å². The van der Waals surface area contributed by atoms with Gasteiger partial charge in [-0.05, 0) is 51.0 Å². The SMILES string of the molecule is CCC(CN)(C1CC1)N(C)CCOCC1CC1. The maximum absolute atomic E-state index is 6.04. The number of hydrogen-bond acceptors (Lipinski definition) is 3. The van der Waals surface area contributed by atoms with Gasteiger partial charge in [-0.15, -0.1) is 0 Å². The van der Waals surface area contributed by atoms with E-state index in [9.17, 15) is 0 Å². The van der Waals surface area contributed by atoms with E-state index in [1.165, 1.54) is 25.7 Å². The summed E-state index contributed by atoms with van der Waals surface area (Å²) in [5.74, 6) is 1.69. The van der Waals surface area contributed by atoms with Gasteiger partial charge in [0, 0.05) is 25.2 Å². The van der Waals surface area contributed by atoms with Crippen LogP contribution >= 0.6 is 0 Å². The highest BCUT2D eigenvalue weighted by molar-refractivity contribution is 5.01. The zero-order valence-electron chi connectivity index (χ0n) is 11.5. The van der Waals surface area contributed by atoms with Crippen LogP contribution < -0.4 is 5.73 Å². The predicted octanol–water partition coefficient (Wildman–Crippen LogP) is 1.86. The van der Waals surface area contributed by atoms with Crippen LogP contribution in [-0.4, -0.2) is 43.8 Å². The molecule has 17 heavy (non-hydrogen) atoms. The normalized spacial score (nSPS) is 24.0. The molecule has 2 saturated carbocycles. The predicted molar refractivity (Wildman–Crippen MR) is 71.0 cm³/mol. The largest absolute Gasteiger partial charge is 0.380 e. The van der Waals surface area contributed by atoms with Crippen LogP contribution in [0.3, 0.4) is 0 Å². The van der Waals surface area contributed by atoms with Gasteiger partial charge in [-0.2, -0.15) is 0 Å². The van der Waals surface area contributed by atoms with E-state index in [-0.39, 0.29) is 5.54 Å². The number of nitrogens with two attached hydrogens (primary N) is 1. The molecular formula is C14H28N2O. The summed E-state index contributed by atoms with van der Waals surface area (Å²) >= 11 is 0. The van der Waals surface area contributed by atoms with Crippen molar-refractivity contribution in [3.63, 3.8) is 0 Å². The van der Waals surface area contributed by atoms with E-state index >= 15 is 0 Å². The topological polar surface area (TPSA) is 38.5 Å². The molecule has 0 aliphatic heterocycles. The van der Waals surface area contributed by atoms with Gasteiger partial charge in [0.1, 0.15) is 0 Å². The molecule has 2 rings (SSSR count). The molecule has 0 radical (unpaired) electrons. The second kappa shape index (κ2) is 5.68. The Morgan fingerprint density at radius 1 is 1.29 bits per heavy atom. The molecule has 2 aliphatic rings. The lowest BCUT2D eigenvalue weighted by molar-refractivity contribution is 0.0456. The van der Waals surface area contributed by atoms with Crippen LogP contribution in [0.5, 0.6) is 0 Å². The number of likely N-dealkylation sites (N-methyl/N-ethyl adjacent to an activating group) is 1. The number of hydrogen-bond donors (Lipinski definition) is 1. The molecule has 0 aromatic heterocycles. The molecule has 0 aromatic carbocycles. The summed E-state index contributed by atoms with van der Waals surface area (Å²) in [5, 5.41) is 0. The van der Waals surface area contributed by atoms with Crippen LogP contribution in [-0.2, 0) is 4.74 Å². The molecule has 0 saturated heterocycles. The van der Waals surface area contributed by atoms with Crippen molar-refractivity contribution in [2.24, 2.45) is 17.6 Å². The van der Waals surface area contributed by atoms with Gasteiger partial charge in [0.15, 0.2) is 0 Å². The smallest absolute Gasteiger partial charge is 0.0593 e. The molecule has 0 amide bonds. The lowest BCUT2D eigenvalue weighted by atomic mass is 9.88. The second-order valence-electron chi connectivity index (χ2n) is 5.88. The fourth-order valence-corrected chi connectivity index (χ4v) is 2.92. The van der Waals surface area contributed by atoms with Crippen LogP contribution in [0.15, 0.2) is 0 Å². The first kappa shape index (κ1) is 13.3. The van der Waals surface area contributed by atoms with Gasteiger partial charge in [-0.25, -0.2) is 0 Å². The summed E-state index contributed by atoms with van der Waals surface area (Å²) in [5.41, 5.74) is 6.28. The molecule has 100 valence electrons. The molecule has 2 N–H and O–H groups in total. The minimum absolute atomic E-state index is 0.239. The van der Waals surface area contributed by atoms with Crippen molar-refractivity contribution in [3.05, 3.63) is 0 Å². The fourth-order valence-electron chi connectivity index (χ4n) is 2.92. The first-order valence-electron chi connectivity index (χ1n) is 7.22. The van der Waals surface area contributed by atoms with Gasteiger partial charge in [0.25, 0.3) is 0 Å². The highest BCUT2D eigenvalue weighted by atomic mass is 16.5. The van der Waals surface area contributed by atoms with Gasteiger partial charge in [0.05, 0.1) is 6.61 Å². The van der Waals surface area contributed by atoms with Crippen molar-refractivity contribution >= 4 is 0 Å². The fraction of sp³-hybridized carbons (Fsp3) is 1.00. The first-order valence-corrected chi connectivity index (χ1v) is 7.22. The van der Waals surface area contributed by atoms with E-state index < -0.39 is 0 Å². The van der Waals surface area contributed by atoms with Crippen LogP contribution in [0.1, 0.15) is 39.0 Å². The monoisotopic (exact) mass is 240 g/mol. The Balaban J connectivity index is 1.72. The van der Waals surface area contributed by atoms with Gasteiger partial charge in [0.2, 0.25) is 0 Å². The quantitative estimate of drug-likeness (QED) is 0.625. The minimum atomic E-state index is 0.239. The zero-order chi connectivity index (χ0) is 12.3. The van der Waals surface area contributed by atoms with Gasteiger partial charge >= 0.3 is 0 Å². The Kier molecular flexibility index (Phi) is 4.45. The third kappa shape index (κ3) is 3.21. The molecule has 1 atom stereocenters. The number of ether oxygens (including phenoxy) is 1. The Morgan fingerprint density at radius 3 is 2.47 bits per heavy atom. The summed E-state index contributed by atoms with van der Waals surface area (Å²) in [4.78, 5) is 2.46. The number of rotatable bonds is 9. The molecule has 3 nitrogen and oxygen atoms in total. The summed E-state index contributed by atoms with van der Waals surface area (Å²) in [6.07, 6.45) is 6.63. The standard InChI is InChI=1S/C14H28N2O/c1-3-14(11-15,13-6-7-13)16(2)8-9-17-10-12-4-5-12/h12-13H,3-11,15H2,1-2H3. The summed E-state index contributed by atoms with van der Waals surface area (Å²) in [6.45, 7) is 5.91. The highest BCUT2D eigenvalue weighted by Gasteiger charge is 2.45. The van der Waals surface area contributed by atoms with Crippen molar-refractivity contribution in [1.29, 1.82) is 0 Å². The first-order chi connectivity index (χ1) is 8.23. The minimum Gasteiger partial charge on any atom is -0.380 e. The third-order valence-corrected chi connectivity index (χ3v) is 4.68. The van der Waals surface area contributed by atoms with Crippen LogP contribution in [0.4, 0.5) is 0 Å². The van der Waals surface area contributed by atoms with E-state index in [1.54, 1.807) is 0 Å². The molecular weight excluding hydrogens is 212 g/mol. The maximum Gasteiger partial charge on any atom is 0.0593 e. The molecule has 3 heteroatoms. The maximum atomic E-state index is 6.04. The van der Waals surface area contributed by atoms with Crippen LogP contribution in [0, 0.1) is 11.8 Å². The Bertz CT molecular complexity index is 232. The average molecular weight is 240 g/mol. The lowest BCUT2D eigenvalue weighted by Crippen LogP contribution is -2.54. The molecule has 0 spiro atoms. The van der Waals surface area contributed by atoms with E-state index in [0.717, 1.165) is 44.6 Å². The molecule has 2 aliphatic carbocycles. The van der Waals surface area contributed by atoms with E-state index in [2.05, 4.69) is 18.9 Å². The Hall–Kier alpha value is -0.120. The Labute approximate surface area is 106 Å². The molecule has 0 bridgehead atoms. The van der Waals surface area contributed by atoms with Crippen molar-refractivity contribution < 1.29 is 4.74 Å². The summed E-state index contributed by atoms with van der Waals surface area (Å²) in [7, 11) is 2.22. The van der Waals surface area contributed by atoms with E-state index in [0.29, 0.717) is 0 Å². The van der Waals surface area contributed by atoms with Crippen molar-refractivity contribution in [3.8, 4) is 0 Å². The average Bonchev–Trinajstić information content (AvgIpc) is 3.18. The van der Waals surface area contributed by atoms with Crippen molar-refractivity contribution in [1.82, 2.24) is 4.90 Å². The third-order valence-electron chi connectivity index (χ3n) is 4.68. The second-order valence-corrected chi connectivity index (χ2v) is 5.88. The van der Waals surface area contributed by atoms with Crippen LogP contribution in [0.2, 0.25) is 0 Å². The highest BCUT2D eigenvalue weighted by Crippen LogP contribution is 2.44. The lowest BCUT2D eigenvalue weighted by Gasteiger charge is -2.41. The van der Waals surface area contributed by atoms with E-state index in [4.69, 9.17) is 10.5 Å². The van der Waals surface area contributed by atoms with Crippen molar-refractivity contribution in [2.75, 3.05) is 33.4 Å². The number of nitrogens with zero attached hydrogens (tertiary/aromatic N) is 1. The summed E-state index contributed by atoms with van der Waals surface area (Å²) in [6, 6.07) is 0. The van der Waals surface area contributed by atoms with Gasteiger partial charge < -0.3 is 10.5 Å². The van der Waals surface area contributed by atoms with Crippen LogP contribution in [0.25, 0.3) is 0 Å². The molecule has 2 fully saturated rings. The molecule has 0 aromatic rings. The summed E-state index contributed by atoms with van der Waals surface area (Å²) < 4.78 is 5.73. The molecule has 1 unspecified atom stereocenters. The molecule has 0 heterocycles. The Morgan fingerprint density at radius 2 is 2.00 bits per heavy atom. The van der Waals surface area contributed by atoms with Crippen molar-refractivity contribution in [2.45, 2.75) is 44.6 Å². The zero-order valence-corrected chi connectivity index (χ0v) is 11.5.